The van der Waals surface area contributed by atoms with Gasteiger partial charge in [-0.15, -0.1) is 0 Å². The van der Waals surface area contributed by atoms with Gasteiger partial charge in [0.25, 0.3) is 0 Å². The van der Waals surface area contributed by atoms with Crippen molar-refractivity contribution < 1.29 is 9.59 Å². The van der Waals surface area contributed by atoms with Gasteiger partial charge in [-0.3, -0.25) is 9.59 Å². The zero-order valence-electron chi connectivity index (χ0n) is 18.7. The molecule has 2 amide bonds. The molecule has 3 N–H and O–H groups in total. The third kappa shape index (κ3) is 5.73. The maximum atomic E-state index is 13.0. The standard InChI is InChI=1S/C25H32N4O2/c1-5-18-10-12-19(13-11-18)24(29(3)4)16-27-25(31)23(28-17(2)30)14-20-15-26-22-9-7-6-8-21(20)22/h6-13,15,23-24,26H,5,14,16H2,1-4H3,(H,27,31)(H,28,30)/t23-,24+/m0/s1. The van der Waals surface area contributed by atoms with E-state index in [9.17, 15) is 9.59 Å². The van der Waals surface area contributed by atoms with Crippen LogP contribution in [-0.4, -0.2) is 48.4 Å². The van der Waals surface area contributed by atoms with Gasteiger partial charge in [-0.2, -0.15) is 0 Å². The third-order valence-electron chi connectivity index (χ3n) is 5.66. The molecule has 0 aliphatic carbocycles. The average molecular weight is 421 g/mol. The van der Waals surface area contributed by atoms with Gasteiger partial charge in [0.15, 0.2) is 0 Å². The van der Waals surface area contributed by atoms with Gasteiger partial charge in [0.05, 0.1) is 6.04 Å². The van der Waals surface area contributed by atoms with Gasteiger partial charge in [-0.1, -0.05) is 49.4 Å². The Morgan fingerprint density at radius 2 is 1.77 bits per heavy atom. The van der Waals surface area contributed by atoms with Gasteiger partial charge in [0.1, 0.15) is 6.04 Å². The van der Waals surface area contributed by atoms with Crippen LogP contribution in [0.2, 0.25) is 0 Å². The monoisotopic (exact) mass is 420 g/mol. The molecule has 0 saturated heterocycles. The largest absolute Gasteiger partial charge is 0.361 e. The van der Waals surface area contributed by atoms with E-state index in [4.69, 9.17) is 0 Å². The number of hydrogen-bond acceptors (Lipinski definition) is 3. The fourth-order valence-electron chi connectivity index (χ4n) is 3.87. The van der Waals surface area contributed by atoms with E-state index in [2.05, 4.69) is 51.7 Å². The van der Waals surface area contributed by atoms with Crippen LogP contribution in [0, 0.1) is 0 Å². The Balaban J connectivity index is 1.72. The minimum atomic E-state index is -0.637. The summed E-state index contributed by atoms with van der Waals surface area (Å²) in [5.74, 6) is -0.406. The molecular weight excluding hydrogens is 388 g/mol. The van der Waals surface area contributed by atoms with Crippen LogP contribution in [0.15, 0.2) is 54.7 Å². The molecule has 0 fully saturated rings. The van der Waals surface area contributed by atoms with Crippen LogP contribution in [0.4, 0.5) is 0 Å². The number of aromatic nitrogens is 1. The molecule has 164 valence electrons. The van der Waals surface area contributed by atoms with Crippen molar-refractivity contribution in [1.82, 2.24) is 20.5 Å². The number of benzene rings is 2. The van der Waals surface area contributed by atoms with Crippen molar-refractivity contribution in [2.75, 3.05) is 20.6 Å². The first-order chi connectivity index (χ1) is 14.9. The molecule has 1 heterocycles. The lowest BCUT2D eigenvalue weighted by Gasteiger charge is -2.26. The number of carbonyl (C=O) groups excluding carboxylic acids is 2. The van der Waals surface area contributed by atoms with Crippen molar-refractivity contribution >= 4 is 22.7 Å². The molecule has 0 aliphatic heterocycles. The van der Waals surface area contributed by atoms with Crippen molar-refractivity contribution in [3.8, 4) is 0 Å². The van der Waals surface area contributed by atoms with Crippen molar-refractivity contribution in [3.05, 3.63) is 71.4 Å². The SMILES string of the molecule is CCc1ccc([C@@H](CNC(=O)[C@H](Cc2c[nH]c3ccccc23)NC(C)=O)N(C)C)cc1. The minimum absolute atomic E-state index is 0.0425. The number of nitrogens with one attached hydrogen (secondary N) is 3. The molecular formula is C25H32N4O2. The Kier molecular flexibility index (Phi) is 7.47. The first kappa shape index (κ1) is 22.6. The number of nitrogens with zero attached hydrogens (tertiary/aromatic N) is 1. The van der Waals surface area contributed by atoms with Crippen LogP contribution >= 0.6 is 0 Å². The van der Waals surface area contributed by atoms with E-state index in [1.54, 1.807) is 0 Å². The highest BCUT2D eigenvalue weighted by Crippen LogP contribution is 2.20. The van der Waals surface area contributed by atoms with E-state index in [1.165, 1.54) is 12.5 Å². The summed E-state index contributed by atoms with van der Waals surface area (Å²) in [5, 5.41) is 6.93. The molecule has 2 atom stereocenters. The molecule has 0 bridgehead atoms. The quantitative estimate of drug-likeness (QED) is 0.498. The molecule has 0 saturated carbocycles. The normalized spacial score (nSPS) is 13.2. The first-order valence-electron chi connectivity index (χ1n) is 10.7. The highest BCUT2D eigenvalue weighted by molar-refractivity contribution is 5.89. The third-order valence-corrected chi connectivity index (χ3v) is 5.66. The van der Waals surface area contributed by atoms with Crippen molar-refractivity contribution in [2.45, 2.75) is 38.8 Å². The van der Waals surface area contributed by atoms with Gasteiger partial charge >= 0.3 is 0 Å². The van der Waals surface area contributed by atoms with Crippen molar-refractivity contribution in [2.24, 2.45) is 0 Å². The fraction of sp³-hybridized carbons (Fsp3) is 0.360. The topological polar surface area (TPSA) is 77.2 Å². The Hall–Kier alpha value is -3.12. The maximum Gasteiger partial charge on any atom is 0.242 e. The molecule has 2 aromatic carbocycles. The predicted molar refractivity (Wildman–Crippen MR) is 125 cm³/mol. The maximum absolute atomic E-state index is 13.0. The summed E-state index contributed by atoms with van der Waals surface area (Å²) < 4.78 is 0. The summed E-state index contributed by atoms with van der Waals surface area (Å²) in [6, 6.07) is 15.9. The van der Waals surface area contributed by atoms with Gasteiger partial charge in [0.2, 0.25) is 11.8 Å². The summed E-state index contributed by atoms with van der Waals surface area (Å²) in [6.45, 7) is 4.03. The molecule has 0 unspecified atom stereocenters. The molecule has 6 heteroatoms. The van der Waals surface area contributed by atoms with Crippen molar-refractivity contribution in [3.63, 3.8) is 0 Å². The zero-order valence-corrected chi connectivity index (χ0v) is 18.7. The van der Waals surface area contributed by atoms with E-state index in [0.29, 0.717) is 13.0 Å². The van der Waals surface area contributed by atoms with E-state index in [1.807, 2.05) is 44.6 Å². The lowest BCUT2D eigenvalue weighted by molar-refractivity contribution is -0.128. The minimum Gasteiger partial charge on any atom is -0.361 e. The summed E-state index contributed by atoms with van der Waals surface area (Å²) >= 11 is 0. The number of fused-ring (bicyclic) bond motifs is 1. The van der Waals surface area contributed by atoms with Gasteiger partial charge < -0.3 is 20.5 Å². The van der Waals surface area contributed by atoms with E-state index in [0.717, 1.165) is 28.5 Å². The number of hydrogen-bond donors (Lipinski definition) is 3. The Morgan fingerprint density at radius 3 is 2.42 bits per heavy atom. The van der Waals surface area contributed by atoms with Crippen LogP contribution in [0.1, 0.15) is 36.6 Å². The zero-order chi connectivity index (χ0) is 22.4. The number of amides is 2. The summed E-state index contributed by atoms with van der Waals surface area (Å²) in [4.78, 5) is 30.1. The highest BCUT2D eigenvalue weighted by Gasteiger charge is 2.23. The second kappa shape index (κ2) is 10.3. The predicted octanol–water partition coefficient (Wildman–Crippen LogP) is 3.20. The number of H-pyrrole nitrogens is 1. The Labute approximate surface area is 184 Å². The van der Waals surface area contributed by atoms with Gasteiger partial charge in [-0.05, 0) is 43.3 Å². The summed E-state index contributed by atoms with van der Waals surface area (Å²) in [7, 11) is 4.00. The number of carbonyl (C=O) groups is 2. The van der Waals surface area contributed by atoms with E-state index < -0.39 is 6.04 Å². The van der Waals surface area contributed by atoms with Crippen molar-refractivity contribution in [1.29, 1.82) is 0 Å². The van der Waals surface area contributed by atoms with Crippen LogP contribution in [0.3, 0.4) is 0 Å². The Bertz CT molecular complexity index is 1020. The van der Waals surface area contributed by atoms with Gasteiger partial charge in [0, 0.05) is 37.0 Å². The molecule has 0 aliphatic rings. The number of rotatable bonds is 9. The molecule has 3 rings (SSSR count). The van der Waals surface area contributed by atoms with Crippen LogP contribution in [0.25, 0.3) is 10.9 Å². The lowest BCUT2D eigenvalue weighted by Crippen LogP contribution is -2.49. The summed E-state index contributed by atoms with van der Waals surface area (Å²) in [6.07, 6.45) is 3.33. The first-order valence-corrected chi connectivity index (χ1v) is 10.7. The number of aryl methyl sites for hydroxylation is 1. The second-order valence-electron chi connectivity index (χ2n) is 8.14. The molecule has 0 radical (unpaired) electrons. The van der Waals surface area contributed by atoms with Crippen LogP contribution in [0.5, 0.6) is 0 Å². The second-order valence-corrected chi connectivity index (χ2v) is 8.14. The molecule has 3 aromatic rings. The summed E-state index contributed by atoms with van der Waals surface area (Å²) in [5.41, 5.74) is 4.46. The van der Waals surface area contributed by atoms with Crippen LogP contribution < -0.4 is 10.6 Å². The smallest absolute Gasteiger partial charge is 0.242 e. The van der Waals surface area contributed by atoms with Gasteiger partial charge in [-0.25, -0.2) is 0 Å². The van der Waals surface area contributed by atoms with E-state index >= 15 is 0 Å². The molecule has 0 spiro atoms. The highest BCUT2D eigenvalue weighted by atomic mass is 16.2. The van der Waals surface area contributed by atoms with E-state index in [-0.39, 0.29) is 17.9 Å². The lowest BCUT2D eigenvalue weighted by atomic mass is 10.0. The average Bonchev–Trinajstić information content (AvgIpc) is 3.16. The number of likely N-dealkylation sites (N-methyl/N-ethyl adjacent to an activating group) is 1. The molecule has 1 aromatic heterocycles. The Morgan fingerprint density at radius 1 is 1.06 bits per heavy atom. The number of aromatic amines is 1. The van der Waals surface area contributed by atoms with Crippen LogP contribution in [-0.2, 0) is 22.4 Å². The fourth-order valence-corrected chi connectivity index (χ4v) is 3.87. The molecule has 31 heavy (non-hydrogen) atoms. The number of para-hydroxylation sites is 1. The molecule has 6 nitrogen and oxygen atoms in total.